The Balaban J connectivity index is 1.84. The number of anilines is 1. The van der Waals surface area contributed by atoms with Gasteiger partial charge in [0.1, 0.15) is 5.56 Å². The summed E-state index contributed by atoms with van der Waals surface area (Å²) in [5.74, 6) is -0.546. The molecule has 0 radical (unpaired) electrons. The number of hydrogen-bond donors (Lipinski definition) is 1. The van der Waals surface area contributed by atoms with Gasteiger partial charge in [0.15, 0.2) is 0 Å². The first-order valence-corrected chi connectivity index (χ1v) is 8.31. The highest BCUT2D eigenvalue weighted by atomic mass is 35.5. The third kappa shape index (κ3) is 4.39. The Morgan fingerprint density at radius 1 is 1.11 bits per heavy atom. The van der Waals surface area contributed by atoms with Crippen molar-refractivity contribution in [1.29, 1.82) is 0 Å². The van der Waals surface area contributed by atoms with Gasteiger partial charge in [-0.25, -0.2) is 0 Å². The summed E-state index contributed by atoms with van der Waals surface area (Å²) >= 11 is 5.81. The lowest BCUT2D eigenvalue weighted by atomic mass is 10.2. The van der Waals surface area contributed by atoms with Gasteiger partial charge in [0.2, 0.25) is 0 Å². The molecule has 0 spiro atoms. The number of benzene rings is 2. The number of amides is 1. The van der Waals surface area contributed by atoms with Crippen LogP contribution in [0.15, 0.2) is 71.7 Å². The summed E-state index contributed by atoms with van der Waals surface area (Å²) in [6.07, 6.45) is 1.53. The number of rotatable bonds is 5. The predicted molar refractivity (Wildman–Crippen MR) is 102 cm³/mol. The second-order valence-corrected chi connectivity index (χ2v) is 6.18. The standard InChI is InChI=1S/C19H14ClN3O4/c20-14-6-8-15(9-7-14)21-18(24)17-5-2-10-22(19(17)25)12-13-3-1-4-16(11-13)23(26)27/h1-11H,12H2,(H,21,24). The van der Waals surface area contributed by atoms with Crippen molar-refractivity contribution >= 4 is 28.9 Å². The number of halogens is 1. The minimum absolute atomic E-state index is 0.0297. The van der Waals surface area contributed by atoms with E-state index in [-0.39, 0.29) is 17.8 Å². The van der Waals surface area contributed by atoms with Crippen LogP contribution in [0.5, 0.6) is 0 Å². The second-order valence-electron chi connectivity index (χ2n) is 5.74. The Kier molecular flexibility index (Phi) is 5.33. The summed E-state index contributed by atoms with van der Waals surface area (Å²) in [6, 6.07) is 15.5. The summed E-state index contributed by atoms with van der Waals surface area (Å²) in [5, 5.41) is 14.1. The molecule has 0 saturated carbocycles. The Morgan fingerprint density at radius 3 is 2.56 bits per heavy atom. The molecule has 0 saturated heterocycles. The fourth-order valence-corrected chi connectivity index (χ4v) is 2.66. The van der Waals surface area contributed by atoms with E-state index in [2.05, 4.69) is 5.32 Å². The molecule has 0 aliphatic carbocycles. The van der Waals surface area contributed by atoms with Gasteiger partial charge in [-0.1, -0.05) is 23.7 Å². The minimum atomic E-state index is -0.546. The van der Waals surface area contributed by atoms with Gasteiger partial charge in [0.25, 0.3) is 17.2 Å². The maximum atomic E-state index is 12.6. The third-order valence-electron chi connectivity index (χ3n) is 3.84. The van der Waals surface area contributed by atoms with Crippen molar-refractivity contribution in [2.45, 2.75) is 6.54 Å². The molecule has 1 N–H and O–H groups in total. The summed E-state index contributed by atoms with van der Waals surface area (Å²) in [7, 11) is 0. The number of pyridine rings is 1. The van der Waals surface area contributed by atoms with Crippen molar-refractivity contribution in [3.8, 4) is 0 Å². The molecule has 0 fully saturated rings. The van der Waals surface area contributed by atoms with Crippen LogP contribution >= 0.6 is 11.6 Å². The highest BCUT2D eigenvalue weighted by molar-refractivity contribution is 6.30. The van der Waals surface area contributed by atoms with E-state index < -0.39 is 16.4 Å². The van der Waals surface area contributed by atoms with Crippen LogP contribution in [0.3, 0.4) is 0 Å². The maximum Gasteiger partial charge on any atom is 0.269 e. The number of carbonyl (C=O) groups excluding carboxylic acids is 1. The lowest BCUT2D eigenvalue weighted by Gasteiger charge is -2.09. The molecule has 7 nitrogen and oxygen atoms in total. The predicted octanol–water partition coefficient (Wildman–Crippen LogP) is 3.71. The molecule has 136 valence electrons. The van der Waals surface area contributed by atoms with Crippen LogP contribution in [-0.4, -0.2) is 15.4 Å². The zero-order valence-electron chi connectivity index (χ0n) is 14.0. The molecule has 3 aromatic rings. The van der Waals surface area contributed by atoms with Gasteiger partial charge >= 0.3 is 0 Å². The summed E-state index contributed by atoms with van der Waals surface area (Å²) in [5.41, 5.74) is 0.519. The van der Waals surface area contributed by atoms with Crippen LogP contribution in [-0.2, 0) is 6.54 Å². The molecule has 2 aromatic carbocycles. The molecule has 1 amide bonds. The van der Waals surface area contributed by atoms with Crippen LogP contribution in [0.1, 0.15) is 15.9 Å². The fraction of sp³-hybridized carbons (Fsp3) is 0.0526. The molecule has 1 heterocycles. The smallest absolute Gasteiger partial charge is 0.269 e. The normalized spacial score (nSPS) is 10.4. The summed E-state index contributed by atoms with van der Waals surface area (Å²) in [6.45, 7) is 0.114. The zero-order chi connectivity index (χ0) is 19.4. The highest BCUT2D eigenvalue weighted by Crippen LogP contribution is 2.15. The Hall–Kier alpha value is -3.45. The van der Waals surface area contributed by atoms with Crippen LogP contribution in [0, 0.1) is 10.1 Å². The van der Waals surface area contributed by atoms with Crippen LogP contribution < -0.4 is 10.9 Å². The van der Waals surface area contributed by atoms with Crippen molar-refractivity contribution in [2.24, 2.45) is 0 Å². The van der Waals surface area contributed by atoms with E-state index >= 15 is 0 Å². The first-order chi connectivity index (χ1) is 12.9. The minimum Gasteiger partial charge on any atom is -0.322 e. The largest absolute Gasteiger partial charge is 0.322 e. The average Bonchev–Trinajstić information content (AvgIpc) is 2.65. The number of nitro groups is 1. The summed E-state index contributed by atoms with van der Waals surface area (Å²) in [4.78, 5) is 35.4. The van der Waals surface area contributed by atoms with E-state index in [0.717, 1.165) is 0 Å². The second kappa shape index (κ2) is 7.84. The van der Waals surface area contributed by atoms with Gasteiger partial charge in [-0.05, 0) is 42.0 Å². The van der Waals surface area contributed by atoms with Gasteiger partial charge < -0.3 is 9.88 Å². The number of nitrogens with zero attached hydrogens (tertiary/aromatic N) is 2. The number of carbonyl (C=O) groups is 1. The molecule has 8 heteroatoms. The number of nitro benzene ring substituents is 1. The van der Waals surface area contributed by atoms with E-state index in [1.807, 2.05) is 0 Å². The number of aromatic nitrogens is 1. The molecular formula is C19H14ClN3O4. The Bertz CT molecular complexity index is 1060. The van der Waals surface area contributed by atoms with Crippen molar-refractivity contribution < 1.29 is 9.72 Å². The fourth-order valence-electron chi connectivity index (χ4n) is 2.53. The first-order valence-electron chi connectivity index (χ1n) is 7.94. The molecular weight excluding hydrogens is 370 g/mol. The first kappa shape index (κ1) is 18.3. The van der Waals surface area contributed by atoms with E-state index in [1.54, 1.807) is 42.5 Å². The maximum absolute atomic E-state index is 12.6. The van der Waals surface area contributed by atoms with Crippen LogP contribution in [0.25, 0.3) is 0 Å². The molecule has 0 unspecified atom stereocenters. The summed E-state index contributed by atoms with van der Waals surface area (Å²) < 4.78 is 1.33. The number of nitrogens with one attached hydrogen (secondary N) is 1. The lowest BCUT2D eigenvalue weighted by Crippen LogP contribution is -2.29. The highest BCUT2D eigenvalue weighted by Gasteiger charge is 2.13. The monoisotopic (exact) mass is 383 g/mol. The van der Waals surface area contributed by atoms with Gasteiger partial charge in [-0.3, -0.25) is 19.7 Å². The van der Waals surface area contributed by atoms with Crippen LogP contribution in [0.4, 0.5) is 11.4 Å². The molecule has 0 aliphatic heterocycles. The lowest BCUT2D eigenvalue weighted by molar-refractivity contribution is -0.384. The third-order valence-corrected chi connectivity index (χ3v) is 4.09. The quantitative estimate of drug-likeness (QED) is 0.536. The van der Waals surface area contributed by atoms with E-state index in [9.17, 15) is 19.7 Å². The van der Waals surface area contributed by atoms with Crippen molar-refractivity contribution in [3.63, 3.8) is 0 Å². The molecule has 1 aromatic heterocycles. The van der Waals surface area contributed by atoms with Crippen molar-refractivity contribution in [1.82, 2.24) is 4.57 Å². The van der Waals surface area contributed by atoms with E-state index in [0.29, 0.717) is 16.3 Å². The van der Waals surface area contributed by atoms with E-state index in [4.69, 9.17) is 11.6 Å². The van der Waals surface area contributed by atoms with E-state index in [1.165, 1.54) is 29.0 Å². The Labute approximate surface area is 159 Å². The van der Waals surface area contributed by atoms with Gasteiger partial charge in [0, 0.05) is 29.0 Å². The van der Waals surface area contributed by atoms with Crippen molar-refractivity contribution in [3.05, 3.63) is 103 Å². The number of non-ortho nitro benzene ring substituents is 1. The molecule has 0 bridgehead atoms. The van der Waals surface area contributed by atoms with Gasteiger partial charge in [0.05, 0.1) is 11.5 Å². The molecule has 0 atom stereocenters. The molecule has 27 heavy (non-hydrogen) atoms. The number of hydrogen-bond acceptors (Lipinski definition) is 4. The van der Waals surface area contributed by atoms with Gasteiger partial charge in [-0.15, -0.1) is 0 Å². The zero-order valence-corrected chi connectivity index (χ0v) is 14.7. The van der Waals surface area contributed by atoms with Crippen molar-refractivity contribution in [2.75, 3.05) is 5.32 Å². The molecule has 3 rings (SSSR count). The van der Waals surface area contributed by atoms with Crippen LogP contribution in [0.2, 0.25) is 5.02 Å². The average molecular weight is 384 g/mol. The Morgan fingerprint density at radius 2 is 1.85 bits per heavy atom. The van der Waals surface area contributed by atoms with Gasteiger partial charge in [-0.2, -0.15) is 0 Å². The SMILES string of the molecule is O=C(Nc1ccc(Cl)cc1)c1cccn(Cc2cccc([N+](=O)[O-])c2)c1=O. The topological polar surface area (TPSA) is 94.2 Å². The molecule has 0 aliphatic rings.